The number of sulfonamides is 2. The molecule has 0 aliphatic carbocycles. The maximum atomic E-state index is 11.1. The molecule has 8 N–H and O–H groups in total. The van der Waals surface area contributed by atoms with E-state index in [-0.39, 0.29) is 80.6 Å². The fraction of sp³-hybridized carbons (Fsp3) is 0. The van der Waals surface area contributed by atoms with Crippen molar-refractivity contribution >= 4 is 69.6 Å². The maximum Gasteiger partial charge on any atom is 2.00 e. The fourth-order valence-corrected chi connectivity index (χ4v) is 4.35. The molecule has 0 saturated heterocycles. The van der Waals surface area contributed by atoms with Gasteiger partial charge in [-0.25, -0.2) is 0 Å². The number of hydrogen-bond acceptors (Lipinski definition) is 6. The van der Waals surface area contributed by atoms with Crippen molar-refractivity contribution in [1.29, 1.82) is 0 Å². The summed E-state index contributed by atoms with van der Waals surface area (Å²) in [5.41, 5.74) is 0.329. The van der Waals surface area contributed by atoms with E-state index in [0.29, 0.717) is 0 Å². The Morgan fingerprint density at radius 3 is 1.14 bits per heavy atom. The van der Waals surface area contributed by atoms with E-state index < -0.39 is 31.8 Å². The zero-order valence-electron chi connectivity index (χ0n) is 14.5. The number of benzene rings is 2. The fourth-order valence-electron chi connectivity index (χ4n) is 2.15. The van der Waals surface area contributed by atoms with Crippen LogP contribution in [0.5, 0.6) is 0 Å². The van der Waals surface area contributed by atoms with Gasteiger partial charge in [0.2, 0.25) is 0 Å². The van der Waals surface area contributed by atoms with Gasteiger partial charge in [-0.15, -0.1) is 0 Å². The van der Waals surface area contributed by atoms with Crippen molar-refractivity contribution in [3.63, 3.8) is 0 Å². The van der Waals surface area contributed by atoms with Crippen LogP contribution in [0.25, 0.3) is 0 Å². The Hall–Kier alpha value is -1.62. The molecule has 2 heterocycles. The third-order valence-electron chi connectivity index (χ3n) is 3.20. The van der Waals surface area contributed by atoms with E-state index in [2.05, 4.69) is 8.80 Å². The molecule has 0 unspecified atom stereocenters. The maximum absolute atomic E-state index is 11.1. The smallest absolute Gasteiger partial charge is 0.858 e. The molecule has 0 radical (unpaired) electrons. The second-order valence-corrected chi connectivity index (χ2v) is 7.88. The molecular formula is C14H16CaN2O10S2. The summed E-state index contributed by atoms with van der Waals surface area (Å²) in [5, 5.41) is 21.9. The third-order valence-corrected chi connectivity index (χ3v) is 5.83. The SMILES string of the molecule is O.O.O.O.O=S1(=O)N=C([O-])c2ccccc21.O=S1(=O)N=C([O-])c2ccccc21.[Ca+2]. The summed E-state index contributed by atoms with van der Waals surface area (Å²) in [6.45, 7) is 0. The van der Waals surface area contributed by atoms with Gasteiger partial charge in [0.25, 0.3) is 20.0 Å². The summed E-state index contributed by atoms with van der Waals surface area (Å²) in [6.07, 6.45) is 0. The van der Waals surface area contributed by atoms with E-state index in [0.717, 1.165) is 0 Å². The predicted octanol–water partition coefficient (Wildman–Crippen LogP) is -4.69. The third kappa shape index (κ3) is 6.18. The first-order valence-corrected chi connectivity index (χ1v) is 9.33. The van der Waals surface area contributed by atoms with Crippen molar-refractivity contribution in [2.75, 3.05) is 0 Å². The Morgan fingerprint density at radius 1 is 0.586 bits per heavy atom. The molecule has 0 saturated carbocycles. The summed E-state index contributed by atoms with van der Waals surface area (Å²) in [4.78, 5) is 0.0185. The van der Waals surface area contributed by atoms with Crippen molar-refractivity contribution < 1.29 is 49.0 Å². The molecule has 0 aromatic heterocycles. The van der Waals surface area contributed by atoms with Crippen molar-refractivity contribution in [2.45, 2.75) is 9.79 Å². The van der Waals surface area contributed by atoms with E-state index in [4.69, 9.17) is 0 Å². The first kappa shape index (κ1) is 32.1. The molecule has 0 bridgehead atoms. The summed E-state index contributed by atoms with van der Waals surface area (Å²) < 4.78 is 50.3. The van der Waals surface area contributed by atoms with Gasteiger partial charge in [-0.05, 0) is 12.1 Å². The van der Waals surface area contributed by atoms with Crippen LogP contribution in [0.1, 0.15) is 11.1 Å². The van der Waals surface area contributed by atoms with E-state index >= 15 is 0 Å². The Bertz CT molecular complexity index is 1030. The van der Waals surface area contributed by atoms with Crippen molar-refractivity contribution in [1.82, 2.24) is 0 Å². The summed E-state index contributed by atoms with van der Waals surface area (Å²) in [6, 6.07) is 12.0. The minimum absolute atomic E-state index is 0. The molecule has 2 aromatic rings. The quantitative estimate of drug-likeness (QED) is 0.337. The van der Waals surface area contributed by atoms with Crippen LogP contribution in [0, 0.1) is 0 Å². The zero-order valence-corrected chi connectivity index (χ0v) is 18.3. The van der Waals surface area contributed by atoms with Gasteiger partial charge in [-0.2, -0.15) is 25.6 Å². The van der Waals surface area contributed by atoms with Gasteiger partial charge in [0.05, 0.1) is 9.79 Å². The Labute approximate surface area is 195 Å². The largest absolute Gasteiger partial charge is 2.00 e. The van der Waals surface area contributed by atoms with Gasteiger partial charge in [0, 0.05) is 22.9 Å². The molecule has 0 spiro atoms. The Balaban J connectivity index is -0.000000398. The Morgan fingerprint density at radius 2 is 0.862 bits per heavy atom. The van der Waals surface area contributed by atoms with E-state index in [1.165, 1.54) is 24.3 Å². The van der Waals surface area contributed by atoms with Crippen LogP contribution in [0.4, 0.5) is 0 Å². The van der Waals surface area contributed by atoms with Gasteiger partial charge in [-0.3, -0.25) is 0 Å². The molecule has 156 valence electrons. The van der Waals surface area contributed by atoms with Crippen LogP contribution in [0.3, 0.4) is 0 Å². The molecule has 15 heteroatoms. The van der Waals surface area contributed by atoms with Crippen molar-refractivity contribution in [3.8, 4) is 0 Å². The molecule has 29 heavy (non-hydrogen) atoms. The van der Waals surface area contributed by atoms with Crippen LogP contribution >= 0.6 is 0 Å². The summed E-state index contributed by atoms with van der Waals surface area (Å²) in [7, 11) is -7.36. The van der Waals surface area contributed by atoms with Gasteiger partial charge < -0.3 is 32.1 Å². The van der Waals surface area contributed by atoms with Crippen LogP contribution in [-0.4, -0.2) is 88.3 Å². The minimum atomic E-state index is -3.68. The second-order valence-electron chi connectivity index (χ2n) is 4.74. The number of rotatable bonds is 0. The average molecular weight is 476 g/mol. The molecular weight excluding hydrogens is 460 g/mol. The van der Waals surface area contributed by atoms with Gasteiger partial charge in [0.15, 0.2) is 0 Å². The monoisotopic (exact) mass is 476 g/mol. The summed E-state index contributed by atoms with van der Waals surface area (Å²) in [5.74, 6) is -1.35. The predicted molar refractivity (Wildman–Crippen MR) is 101 cm³/mol. The number of nitrogens with zero attached hydrogens (tertiary/aromatic N) is 2. The van der Waals surface area contributed by atoms with Gasteiger partial charge in [-0.1, -0.05) is 36.4 Å². The Kier molecular flexibility index (Phi) is 12.8. The van der Waals surface area contributed by atoms with E-state index in [1.54, 1.807) is 24.3 Å². The van der Waals surface area contributed by atoms with E-state index in [9.17, 15) is 27.0 Å². The topological polar surface area (TPSA) is 265 Å². The first-order valence-electron chi connectivity index (χ1n) is 6.45. The van der Waals surface area contributed by atoms with Crippen molar-refractivity contribution in [2.24, 2.45) is 8.80 Å². The molecule has 0 atom stereocenters. The molecule has 12 nitrogen and oxygen atoms in total. The number of hydrogen-bond donors (Lipinski definition) is 0. The summed E-state index contributed by atoms with van der Waals surface area (Å²) >= 11 is 0. The second kappa shape index (κ2) is 11.5. The normalized spacial score (nSPS) is 15.3. The standard InChI is InChI=1S/2C7H5NO3S.Ca.4H2O/c2*9-7-5-3-1-2-4-6(5)12(10,11)8-7;;;;;/h2*1-4H,(H,8,9);;4*1H2/q;;+2;;;;/p-2. The average Bonchev–Trinajstić information content (AvgIpc) is 2.91. The van der Waals surface area contributed by atoms with Crippen molar-refractivity contribution in [3.05, 3.63) is 59.7 Å². The molecule has 2 aromatic carbocycles. The van der Waals surface area contributed by atoms with Gasteiger partial charge in [0.1, 0.15) is 0 Å². The van der Waals surface area contributed by atoms with Crippen LogP contribution < -0.4 is 10.2 Å². The van der Waals surface area contributed by atoms with Gasteiger partial charge >= 0.3 is 37.7 Å². The minimum Gasteiger partial charge on any atom is -0.858 e. The molecule has 2 aliphatic heterocycles. The first-order chi connectivity index (χ1) is 11.2. The van der Waals surface area contributed by atoms with Crippen LogP contribution in [0.2, 0.25) is 0 Å². The zero-order chi connectivity index (χ0) is 17.5. The molecule has 0 fully saturated rings. The van der Waals surface area contributed by atoms with Crippen LogP contribution in [-0.2, 0) is 20.0 Å². The van der Waals surface area contributed by atoms with E-state index in [1.807, 2.05) is 0 Å². The molecule has 0 amide bonds. The molecule has 2 aliphatic rings. The number of fused-ring (bicyclic) bond motifs is 2. The molecule has 4 rings (SSSR count). The van der Waals surface area contributed by atoms with Crippen LogP contribution in [0.15, 0.2) is 67.1 Å².